The number of aryl methyl sites for hydroxylation is 3. The Morgan fingerprint density at radius 3 is 0.886 bits per heavy atom. The number of halogens is 3. The Kier molecular flexibility index (Phi) is 16.8. The first-order valence-corrected chi connectivity index (χ1v) is 24.5. The van der Waals surface area contributed by atoms with Crippen molar-refractivity contribution in [3.8, 4) is 0 Å². The first-order chi connectivity index (χ1) is 33.0. The number of hydrogen-bond donors (Lipinski definition) is 3. The molecule has 9 nitrogen and oxygen atoms in total. The van der Waals surface area contributed by atoms with Crippen molar-refractivity contribution >= 4 is 57.8 Å². The standard InChI is InChI=1S/C31H36N4.C24H28N2.C3Cl3N3/c1-8-23-9-11-24(12-10-23)30(4,5)25-13-15-26(16-14-25)31(6,7)27-17-19-28(20-18-27)35-29-33-21(2)32-22(3)34-29;1-23(2,19-9-13-21(25)14-10-19)17-5-7-18(8-6-17)24(3,4)20-11-15-22(26)16-12-20;4-1-7-2(5)9-3(6)8-1/h9-20H,8H2,1-7H3,(H,32,33,34,35);5-16H,25-26H2,1-4H3;. The van der Waals surface area contributed by atoms with Gasteiger partial charge in [0, 0.05) is 38.7 Å². The lowest BCUT2D eigenvalue weighted by atomic mass is 9.74. The lowest BCUT2D eigenvalue weighted by Crippen LogP contribution is -2.21. The third-order valence-electron chi connectivity index (χ3n) is 13.3. The van der Waals surface area contributed by atoms with Gasteiger partial charge >= 0.3 is 0 Å². The summed E-state index contributed by atoms with van der Waals surface area (Å²) in [7, 11) is 0. The first kappa shape index (κ1) is 53.0. The minimum atomic E-state index is -0.121. The van der Waals surface area contributed by atoms with Crippen LogP contribution in [0.5, 0.6) is 0 Å². The molecule has 70 heavy (non-hydrogen) atoms. The van der Waals surface area contributed by atoms with Crippen LogP contribution in [0.15, 0.2) is 146 Å². The smallest absolute Gasteiger partial charge is 0.230 e. The summed E-state index contributed by atoms with van der Waals surface area (Å²) in [5, 5.41) is 3.29. The maximum atomic E-state index is 5.83. The molecule has 2 aromatic heterocycles. The molecule has 0 unspecified atom stereocenters. The minimum absolute atomic E-state index is 0.000000000000000444. The summed E-state index contributed by atoms with van der Waals surface area (Å²) in [5.74, 6) is 1.99. The zero-order valence-corrected chi connectivity index (χ0v) is 44.3. The van der Waals surface area contributed by atoms with E-state index in [1.165, 1.54) is 50.1 Å². The zero-order valence-electron chi connectivity index (χ0n) is 42.0. The molecule has 0 spiro atoms. The van der Waals surface area contributed by atoms with Crippen molar-refractivity contribution in [3.63, 3.8) is 0 Å². The van der Waals surface area contributed by atoms with E-state index < -0.39 is 0 Å². The Bertz CT molecular complexity index is 2820. The van der Waals surface area contributed by atoms with Gasteiger partial charge in [0.15, 0.2) is 0 Å². The van der Waals surface area contributed by atoms with E-state index >= 15 is 0 Å². The van der Waals surface area contributed by atoms with Crippen LogP contribution in [0.4, 0.5) is 23.0 Å². The van der Waals surface area contributed by atoms with Crippen LogP contribution in [0.3, 0.4) is 0 Å². The van der Waals surface area contributed by atoms with Gasteiger partial charge in [0.05, 0.1) is 0 Å². The van der Waals surface area contributed by atoms with Crippen LogP contribution in [0.1, 0.15) is 124 Å². The van der Waals surface area contributed by atoms with Gasteiger partial charge in [-0.25, -0.2) is 4.98 Å². The van der Waals surface area contributed by atoms with E-state index in [9.17, 15) is 0 Å². The molecule has 12 heteroatoms. The first-order valence-electron chi connectivity index (χ1n) is 23.3. The molecule has 0 fully saturated rings. The van der Waals surface area contributed by atoms with Crippen LogP contribution in [0, 0.1) is 13.8 Å². The van der Waals surface area contributed by atoms with E-state index in [1.807, 2.05) is 38.1 Å². The van der Waals surface area contributed by atoms with Gasteiger partial charge in [0.25, 0.3) is 0 Å². The van der Waals surface area contributed by atoms with Gasteiger partial charge in [-0.3, -0.25) is 0 Å². The van der Waals surface area contributed by atoms with Crippen molar-refractivity contribution in [3.05, 3.63) is 223 Å². The number of nitrogens with two attached hydrogens (primary N) is 2. The zero-order chi connectivity index (χ0) is 51.0. The number of benzene rings is 6. The van der Waals surface area contributed by atoms with Gasteiger partial charge in [-0.15, -0.1) is 0 Å². The van der Waals surface area contributed by atoms with Gasteiger partial charge in [-0.2, -0.15) is 24.9 Å². The Morgan fingerprint density at radius 1 is 0.371 bits per heavy atom. The second kappa shape index (κ2) is 22.1. The van der Waals surface area contributed by atoms with Gasteiger partial charge < -0.3 is 16.8 Å². The molecule has 0 bridgehead atoms. The van der Waals surface area contributed by atoms with Gasteiger partial charge in [0.1, 0.15) is 11.6 Å². The summed E-state index contributed by atoms with van der Waals surface area (Å²) < 4.78 is 0. The quantitative estimate of drug-likeness (QED) is 0.108. The van der Waals surface area contributed by atoms with Crippen LogP contribution in [-0.4, -0.2) is 29.9 Å². The molecule has 362 valence electrons. The van der Waals surface area contributed by atoms with E-state index in [-0.39, 0.29) is 37.5 Å². The number of anilines is 4. The highest BCUT2D eigenvalue weighted by Gasteiger charge is 2.28. The van der Waals surface area contributed by atoms with Crippen molar-refractivity contribution in [1.82, 2.24) is 29.9 Å². The second-order valence-corrected chi connectivity index (χ2v) is 20.6. The van der Waals surface area contributed by atoms with Crippen LogP contribution in [-0.2, 0) is 28.1 Å². The molecule has 0 saturated heterocycles. The van der Waals surface area contributed by atoms with Crippen LogP contribution < -0.4 is 16.8 Å². The average Bonchev–Trinajstić information content (AvgIpc) is 3.32. The van der Waals surface area contributed by atoms with Gasteiger partial charge in [-0.05, 0) is 142 Å². The normalized spacial score (nSPS) is 11.7. The Balaban J connectivity index is 0.000000200. The summed E-state index contributed by atoms with van der Waals surface area (Å²) in [6, 6.07) is 52.0. The molecule has 6 aromatic carbocycles. The van der Waals surface area contributed by atoms with E-state index in [1.54, 1.807) is 0 Å². The molecule has 0 atom stereocenters. The third-order valence-corrected chi connectivity index (χ3v) is 13.8. The maximum Gasteiger partial charge on any atom is 0.230 e. The molecular formula is C58H64Cl3N9. The molecule has 5 N–H and O–H groups in total. The van der Waals surface area contributed by atoms with Crippen molar-refractivity contribution < 1.29 is 0 Å². The summed E-state index contributed by atoms with van der Waals surface area (Å²) in [6.45, 7) is 24.1. The van der Waals surface area contributed by atoms with Crippen LogP contribution >= 0.6 is 34.8 Å². The highest BCUT2D eigenvalue weighted by molar-refractivity contribution is 6.33. The fourth-order valence-corrected chi connectivity index (χ4v) is 8.91. The number of nitrogens with zero attached hydrogens (tertiary/aromatic N) is 6. The molecule has 0 aliphatic heterocycles. The molecule has 2 heterocycles. The SMILES string of the molecule is CC(C)(c1ccc(N)cc1)c1ccc(C(C)(C)c2ccc(N)cc2)cc1.CCc1ccc(C(C)(C)c2ccc(C(C)(C)c3ccc(Nc4nc(C)nc(C)n4)cc3)cc2)cc1.Clc1nc(Cl)nc(Cl)n1. The fraction of sp³-hybridized carbons (Fsp3) is 0.276. The number of rotatable bonds is 11. The lowest BCUT2D eigenvalue weighted by Gasteiger charge is -2.29. The molecular weight excluding hydrogens is 929 g/mol. The molecule has 0 aliphatic rings. The van der Waals surface area contributed by atoms with Crippen LogP contribution in [0.2, 0.25) is 15.9 Å². The maximum absolute atomic E-state index is 5.83. The lowest BCUT2D eigenvalue weighted by molar-refractivity contribution is 0.626. The Labute approximate surface area is 429 Å². The summed E-state index contributed by atoms with van der Waals surface area (Å²) in [6.07, 6.45) is 1.07. The van der Waals surface area contributed by atoms with E-state index in [4.69, 9.17) is 46.3 Å². The van der Waals surface area contributed by atoms with Crippen LogP contribution in [0.25, 0.3) is 0 Å². The topological polar surface area (TPSA) is 141 Å². The average molecular weight is 994 g/mol. The van der Waals surface area contributed by atoms with Crippen molar-refractivity contribution in [1.29, 1.82) is 0 Å². The largest absolute Gasteiger partial charge is 0.399 e. The Hall–Kier alpha value is -6.39. The molecule has 8 rings (SSSR count). The monoisotopic (exact) mass is 991 g/mol. The third kappa shape index (κ3) is 13.1. The number of nitrogens with one attached hydrogen (secondary N) is 1. The highest BCUT2D eigenvalue weighted by atomic mass is 35.5. The summed E-state index contributed by atoms with van der Waals surface area (Å²) in [4.78, 5) is 23.4. The summed E-state index contributed by atoms with van der Waals surface area (Å²) in [5.41, 5.74) is 25.6. The van der Waals surface area contributed by atoms with Gasteiger partial charge in [-0.1, -0.05) is 172 Å². The second-order valence-electron chi connectivity index (χ2n) is 19.5. The van der Waals surface area contributed by atoms with E-state index in [0.717, 1.165) is 23.5 Å². The predicted molar refractivity (Wildman–Crippen MR) is 293 cm³/mol. The van der Waals surface area contributed by atoms with Gasteiger partial charge in [0.2, 0.25) is 21.8 Å². The molecule has 0 amide bonds. The highest BCUT2D eigenvalue weighted by Crippen LogP contribution is 2.38. The van der Waals surface area contributed by atoms with E-state index in [2.05, 4.69) is 219 Å². The number of nitrogen functional groups attached to an aromatic ring is 2. The van der Waals surface area contributed by atoms with Crippen molar-refractivity contribution in [2.24, 2.45) is 0 Å². The Morgan fingerprint density at radius 2 is 0.614 bits per heavy atom. The predicted octanol–water partition coefficient (Wildman–Crippen LogP) is 14.8. The molecule has 8 aromatic rings. The molecule has 0 saturated carbocycles. The fourth-order valence-electron chi connectivity index (χ4n) is 8.30. The van der Waals surface area contributed by atoms with Crippen molar-refractivity contribution in [2.75, 3.05) is 16.8 Å². The minimum Gasteiger partial charge on any atom is -0.399 e. The molecule has 0 aliphatic carbocycles. The number of hydrogen-bond acceptors (Lipinski definition) is 9. The number of aromatic nitrogens is 6. The van der Waals surface area contributed by atoms with Crippen molar-refractivity contribution in [2.45, 2.75) is 104 Å². The molecule has 0 radical (unpaired) electrons. The summed E-state index contributed by atoms with van der Waals surface area (Å²) >= 11 is 16.0. The van der Waals surface area contributed by atoms with E-state index in [0.29, 0.717) is 17.6 Å².